The van der Waals surface area contributed by atoms with Crippen molar-refractivity contribution in [2.75, 3.05) is 6.54 Å². The van der Waals surface area contributed by atoms with Gasteiger partial charge >= 0.3 is 0 Å². The van der Waals surface area contributed by atoms with Crippen LogP contribution >= 0.6 is 15.9 Å². The minimum atomic E-state index is -0.304. The molecule has 0 saturated heterocycles. The van der Waals surface area contributed by atoms with Crippen LogP contribution in [0.15, 0.2) is 29.0 Å². The van der Waals surface area contributed by atoms with E-state index in [1.165, 1.54) is 6.07 Å². The van der Waals surface area contributed by atoms with Crippen molar-refractivity contribution in [1.82, 2.24) is 14.7 Å². The topological polar surface area (TPSA) is 64.2 Å². The molecule has 2 heterocycles. The molecular formula is C16H18BrFN4O. The molecular weight excluding hydrogens is 363 g/mol. The predicted octanol–water partition coefficient (Wildman–Crippen LogP) is 2.33. The zero-order chi connectivity index (χ0) is 16.6. The Morgan fingerprint density at radius 3 is 3.04 bits per heavy atom. The molecule has 2 aromatic rings. The highest BCUT2D eigenvalue weighted by Crippen LogP contribution is 2.32. The maximum Gasteiger partial charge on any atom is 0.257 e. The third kappa shape index (κ3) is 3.03. The number of carbonyl (C=O) groups is 1. The van der Waals surface area contributed by atoms with Gasteiger partial charge in [0, 0.05) is 25.3 Å². The summed E-state index contributed by atoms with van der Waals surface area (Å²) in [5, 5.41) is 4.14. The number of halogens is 2. The van der Waals surface area contributed by atoms with Crippen molar-refractivity contribution in [3.05, 3.63) is 51.5 Å². The van der Waals surface area contributed by atoms with Gasteiger partial charge in [0.1, 0.15) is 5.82 Å². The van der Waals surface area contributed by atoms with Crippen LogP contribution in [0, 0.1) is 5.82 Å². The number of carbonyl (C=O) groups excluding carboxylic acids is 1. The Morgan fingerprint density at radius 2 is 2.30 bits per heavy atom. The van der Waals surface area contributed by atoms with E-state index in [-0.39, 0.29) is 17.8 Å². The second kappa shape index (κ2) is 6.41. The van der Waals surface area contributed by atoms with Crippen molar-refractivity contribution in [2.24, 2.45) is 5.73 Å². The van der Waals surface area contributed by atoms with Crippen LogP contribution < -0.4 is 5.73 Å². The van der Waals surface area contributed by atoms with E-state index in [1.807, 2.05) is 6.92 Å². The van der Waals surface area contributed by atoms with E-state index in [0.717, 1.165) is 11.1 Å². The van der Waals surface area contributed by atoms with Gasteiger partial charge in [0.15, 0.2) is 0 Å². The first-order valence-corrected chi connectivity index (χ1v) is 8.29. The summed E-state index contributed by atoms with van der Waals surface area (Å²) in [5.41, 5.74) is 7.94. The maximum absolute atomic E-state index is 13.8. The largest absolute Gasteiger partial charge is 0.331 e. The van der Waals surface area contributed by atoms with Crippen molar-refractivity contribution < 1.29 is 9.18 Å². The molecule has 0 aliphatic carbocycles. The number of hydrogen-bond donors (Lipinski definition) is 1. The van der Waals surface area contributed by atoms with Gasteiger partial charge in [-0.05, 0) is 46.5 Å². The Morgan fingerprint density at radius 1 is 1.52 bits per heavy atom. The van der Waals surface area contributed by atoms with E-state index in [2.05, 4.69) is 21.0 Å². The van der Waals surface area contributed by atoms with Crippen molar-refractivity contribution in [3.8, 4) is 0 Å². The normalized spacial score (nSPS) is 17.2. The van der Waals surface area contributed by atoms with Crippen LogP contribution in [0.4, 0.5) is 4.39 Å². The number of aromatic nitrogens is 2. The molecule has 7 heteroatoms. The molecule has 0 fully saturated rings. The van der Waals surface area contributed by atoms with E-state index in [4.69, 9.17) is 5.73 Å². The number of nitrogens with zero attached hydrogens (tertiary/aromatic N) is 3. The highest BCUT2D eigenvalue weighted by Gasteiger charge is 2.30. The zero-order valence-corrected chi connectivity index (χ0v) is 14.4. The van der Waals surface area contributed by atoms with Crippen molar-refractivity contribution >= 4 is 21.8 Å². The van der Waals surface area contributed by atoms with Crippen LogP contribution in [0.5, 0.6) is 0 Å². The first-order valence-electron chi connectivity index (χ1n) is 7.50. The number of rotatable bonds is 3. The Bertz CT molecular complexity index is 746. The first-order chi connectivity index (χ1) is 11.0. The minimum Gasteiger partial charge on any atom is -0.331 e. The van der Waals surface area contributed by atoms with Crippen LogP contribution in [-0.4, -0.2) is 33.2 Å². The summed E-state index contributed by atoms with van der Waals surface area (Å²) in [5.74, 6) is -0.399. The van der Waals surface area contributed by atoms with E-state index in [9.17, 15) is 9.18 Å². The number of amides is 1. The van der Waals surface area contributed by atoms with Crippen LogP contribution in [0.3, 0.4) is 0 Å². The minimum absolute atomic E-state index is 0.0465. The van der Waals surface area contributed by atoms with Gasteiger partial charge < -0.3 is 10.6 Å². The molecule has 1 aromatic carbocycles. The summed E-state index contributed by atoms with van der Waals surface area (Å²) < 4.78 is 15.9. The fraction of sp³-hybridized carbons (Fsp3) is 0.375. The van der Waals surface area contributed by atoms with Gasteiger partial charge in [-0.1, -0.05) is 6.07 Å². The average Bonchev–Trinajstić information content (AvgIpc) is 2.99. The van der Waals surface area contributed by atoms with Crippen molar-refractivity contribution in [2.45, 2.75) is 32.5 Å². The van der Waals surface area contributed by atoms with Gasteiger partial charge in [-0.2, -0.15) is 5.10 Å². The van der Waals surface area contributed by atoms with Gasteiger partial charge in [-0.25, -0.2) is 4.39 Å². The molecule has 0 saturated carbocycles. The maximum atomic E-state index is 13.8. The lowest BCUT2D eigenvalue weighted by atomic mass is 9.94. The molecule has 2 N–H and O–H groups in total. The van der Waals surface area contributed by atoms with Gasteiger partial charge in [-0.15, -0.1) is 0 Å². The van der Waals surface area contributed by atoms with Gasteiger partial charge in [0.05, 0.1) is 22.8 Å². The quantitative estimate of drug-likeness (QED) is 0.888. The summed E-state index contributed by atoms with van der Waals surface area (Å²) in [6, 6.07) is 3.31. The second-order valence-corrected chi connectivity index (χ2v) is 6.56. The van der Waals surface area contributed by atoms with Crippen molar-refractivity contribution in [1.29, 1.82) is 0 Å². The molecule has 0 bridgehead atoms. The highest BCUT2D eigenvalue weighted by molar-refractivity contribution is 9.10. The SMILES string of the molecule is CC1Cc2ccc(F)c(Br)c2CN1C(=O)c1cnn(CCN)c1. The molecule has 1 amide bonds. The van der Waals surface area contributed by atoms with Crippen LogP contribution in [0.2, 0.25) is 0 Å². The summed E-state index contributed by atoms with van der Waals surface area (Å²) in [6.07, 6.45) is 3.97. The second-order valence-electron chi connectivity index (χ2n) is 5.77. The summed E-state index contributed by atoms with van der Waals surface area (Å²) in [7, 11) is 0. The molecule has 1 unspecified atom stereocenters. The molecule has 3 rings (SSSR count). The lowest BCUT2D eigenvalue weighted by Crippen LogP contribution is -2.42. The molecule has 122 valence electrons. The fourth-order valence-corrected chi connectivity index (χ4v) is 3.43. The Balaban J connectivity index is 1.87. The van der Waals surface area contributed by atoms with E-state index < -0.39 is 0 Å². The average molecular weight is 381 g/mol. The van der Waals surface area contributed by atoms with Gasteiger partial charge in [0.25, 0.3) is 5.91 Å². The molecule has 1 aromatic heterocycles. The van der Waals surface area contributed by atoms with Crippen LogP contribution in [-0.2, 0) is 19.5 Å². The third-order valence-corrected chi connectivity index (χ3v) is 5.03. The molecule has 0 spiro atoms. The third-order valence-electron chi connectivity index (χ3n) is 4.17. The first kappa shape index (κ1) is 16.1. The standard InChI is InChI=1S/C16H18BrFN4O/c1-10-6-11-2-3-14(18)15(17)13(11)9-22(10)16(23)12-7-20-21(8-12)5-4-19/h2-3,7-8,10H,4-6,9,19H2,1H3. The van der Waals surface area contributed by atoms with E-state index >= 15 is 0 Å². The molecule has 0 radical (unpaired) electrons. The number of hydrogen-bond acceptors (Lipinski definition) is 3. The molecule has 5 nitrogen and oxygen atoms in total. The fourth-order valence-electron chi connectivity index (χ4n) is 2.92. The number of benzene rings is 1. The van der Waals surface area contributed by atoms with Crippen LogP contribution in [0.1, 0.15) is 28.4 Å². The Hall–Kier alpha value is -1.73. The van der Waals surface area contributed by atoms with Gasteiger partial charge in [-0.3, -0.25) is 9.48 Å². The highest BCUT2D eigenvalue weighted by atomic mass is 79.9. The van der Waals surface area contributed by atoms with E-state index in [1.54, 1.807) is 28.0 Å². The predicted molar refractivity (Wildman–Crippen MR) is 88.4 cm³/mol. The summed E-state index contributed by atoms with van der Waals surface area (Å²) in [4.78, 5) is 14.5. The summed E-state index contributed by atoms with van der Waals surface area (Å²) >= 11 is 3.30. The van der Waals surface area contributed by atoms with Gasteiger partial charge in [0.2, 0.25) is 0 Å². The zero-order valence-electron chi connectivity index (χ0n) is 12.8. The molecule has 23 heavy (non-hydrogen) atoms. The lowest BCUT2D eigenvalue weighted by molar-refractivity contribution is 0.0657. The van der Waals surface area contributed by atoms with Crippen molar-refractivity contribution in [3.63, 3.8) is 0 Å². The number of nitrogens with two attached hydrogens (primary N) is 1. The Labute approximate surface area is 142 Å². The lowest BCUT2D eigenvalue weighted by Gasteiger charge is -2.35. The smallest absolute Gasteiger partial charge is 0.257 e. The molecule has 1 atom stereocenters. The summed E-state index contributed by atoms with van der Waals surface area (Å²) in [6.45, 7) is 3.43. The van der Waals surface area contributed by atoms with Crippen LogP contribution in [0.25, 0.3) is 0 Å². The number of fused-ring (bicyclic) bond motifs is 1. The molecule has 1 aliphatic rings. The monoisotopic (exact) mass is 380 g/mol. The van der Waals surface area contributed by atoms with E-state index in [0.29, 0.717) is 36.1 Å². The Kier molecular flexibility index (Phi) is 4.50. The molecule has 1 aliphatic heterocycles.